The van der Waals surface area contributed by atoms with E-state index >= 15 is 0 Å². The Bertz CT molecular complexity index is 313. The fourth-order valence-electron chi connectivity index (χ4n) is 0.799. The SMILES string of the molecule is NNc1cc(O)ccc1[N+](=O)[O-]. The minimum atomic E-state index is -0.589. The summed E-state index contributed by atoms with van der Waals surface area (Å²) >= 11 is 0. The molecule has 64 valence electrons. The number of phenols is 1. The van der Waals surface area contributed by atoms with Gasteiger partial charge in [0.2, 0.25) is 0 Å². The Labute approximate surface area is 67.7 Å². The van der Waals surface area contributed by atoms with Crippen LogP contribution in [0.2, 0.25) is 0 Å². The summed E-state index contributed by atoms with van der Waals surface area (Å²) in [4.78, 5) is 9.73. The van der Waals surface area contributed by atoms with Crippen molar-refractivity contribution in [2.45, 2.75) is 0 Å². The molecule has 0 heterocycles. The standard InChI is InChI=1S/C6H7N3O3/c7-8-5-3-4(10)1-2-6(5)9(11)12/h1-3,8,10H,7H2. The summed E-state index contributed by atoms with van der Waals surface area (Å²) in [5.41, 5.74) is 2.03. The number of rotatable bonds is 2. The van der Waals surface area contributed by atoms with Crippen LogP contribution in [0.1, 0.15) is 0 Å². The van der Waals surface area contributed by atoms with E-state index in [2.05, 4.69) is 5.43 Å². The van der Waals surface area contributed by atoms with E-state index in [9.17, 15) is 10.1 Å². The first-order valence-corrected chi connectivity index (χ1v) is 3.09. The normalized spacial score (nSPS) is 9.42. The quantitative estimate of drug-likeness (QED) is 0.341. The van der Waals surface area contributed by atoms with Crippen molar-refractivity contribution in [3.63, 3.8) is 0 Å². The molecule has 0 atom stereocenters. The Kier molecular flexibility index (Phi) is 2.11. The third-order valence-corrected chi connectivity index (χ3v) is 1.33. The van der Waals surface area contributed by atoms with Gasteiger partial charge in [0, 0.05) is 12.1 Å². The highest BCUT2D eigenvalue weighted by molar-refractivity contribution is 5.63. The van der Waals surface area contributed by atoms with Crippen molar-refractivity contribution in [1.82, 2.24) is 0 Å². The molecule has 1 aromatic carbocycles. The smallest absolute Gasteiger partial charge is 0.293 e. The maximum absolute atomic E-state index is 10.3. The summed E-state index contributed by atoms with van der Waals surface area (Å²) in [6.07, 6.45) is 0. The highest BCUT2D eigenvalue weighted by Crippen LogP contribution is 2.26. The molecule has 0 spiro atoms. The summed E-state index contributed by atoms with van der Waals surface area (Å²) in [5.74, 6) is 4.92. The lowest BCUT2D eigenvalue weighted by atomic mass is 10.2. The van der Waals surface area contributed by atoms with Crippen molar-refractivity contribution >= 4 is 11.4 Å². The van der Waals surface area contributed by atoms with E-state index in [1.807, 2.05) is 0 Å². The fourth-order valence-corrected chi connectivity index (χ4v) is 0.799. The lowest BCUT2D eigenvalue weighted by Crippen LogP contribution is -2.08. The van der Waals surface area contributed by atoms with E-state index in [1.165, 1.54) is 18.2 Å². The predicted octanol–water partition coefficient (Wildman–Crippen LogP) is 0.586. The van der Waals surface area contributed by atoms with Crippen LogP contribution in [0.25, 0.3) is 0 Å². The number of hydrogen-bond acceptors (Lipinski definition) is 5. The highest BCUT2D eigenvalue weighted by Gasteiger charge is 2.12. The second-order valence-corrected chi connectivity index (χ2v) is 2.10. The molecule has 0 aromatic heterocycles. The molecule has 1 aromatic rings. The summed E-state index contributed by atoms with van der Waals surface area (Å²) in [6, 6.07) is 3.57. The van der Waals surface area contributed by atoms with E-state index in [0.717, 1.165) is 0 Å². The Morgan fingerprint density at radius 1 is 1.58 bits per heavy atom. The Balaban J connectivity index is 3.20. The van der Waals surface area contributed by atoms with Crippen LogP contribution in [0.3, 0.4) is 0 Å². The van der Waals surface area contributed by atoms with Gasteiger partial charge >= 0.3 is 0 Å². The maximum Gasteiger partial charge on any atom is 0.293 e. The molecule has 6 heteroatoms. The molecule has 0 aliphatic carbocycles. The van der Waals surface area contributed by atoms with Gasteiger partial charge in [-0.1, -0.05) is 0 Å². The van der Waals surface area contributed by atoms with Gasteiger partial charge in [-0.15, -0.1) is 0 Å². The zero-order valence-corrected chi connectivity index (χ0v) is 6.02. The summed E-state index contributed by atoms with van der Waals surface area (Å²) in [6.45, 7) is 0. The van der Waals surface area contributed by atoms with Gasteiger partial charge in [-0.2, -0.15) is 0 Å². The number of hydrogen-bond donors (Lipinski definition) is 3. The Morgan fingerprint density at radius 3 is 2.75 bits per heavy atom. The molecule has 0 fully saturated rings. The lowest BCUT2D eigenvalue weighted by Gasteiger charge is -2.00. The fraction of sp³-hybridized carbons (Fsp3) is 0. The molecule has 0 bridgehead atoms. The highest BCUT2D eigenvalue weighted by atomic mass is 16.6. The van der Waals surface area contributed by atoms with Crippen LogP contribution in [0.15, 0.2) is 18.2 Å². The zero-order chi connectivity index (χ0) is 9.14. The summed E-state index contributed by atoms with van der Waals surface area (Å²) in [5, 5.41) is 19.3. The van der Waals surface area contributed by atoms with Crippen molar-refractivity contribution in [2.24, 2.45) is 5.84 Å². The van der Waals surface area contributed by atoms with Crippen molar-refractivity contribution in [3.8, 4) is 5.75 Å². The molecule has 0 aliphatic rings. The van der Waals surface area contributed by atoms with Crippen LogP contribution in [0.4, 0.5) is 11.4 Å². The first-order chi connectivity index (χ1) is 5.65. The number of nitrogens with zero attached hydrogens (tertiary/aromatic N) is 1. The minimum Gasteiger partial charge on any atom is -0.508 e. The van der Waals surface area contributed by atoms with Crippen LogP contribution in [-0.2, 0) is 0 Å². The van der Waals surface area contributed by atoms with Gasteiger partial charge in [-0.05, 0) is 6.07 Å². The second kappa shape index (κ2) is 3.05. The number of nitro benzene ring substituents is 1. The summed E-state index contributed by atoms with van der Waals surface area (Å²) < 4.78 is 0. The van der Waals surface area contributed by atoms with Crippen molar-refractivity contribution in [3.05, 3.63) is 28.3 Å². The van der Waals surface area contributed by atoms with E-state index in [0.29, 0.717) is 0 Å². The van der Waals surface area contributed by atoms with Gasteiger partial charge in [-0.3, -0.25) is 16.0 Å². The molecule has 0 radical (unpaired) electrons. The second-order valence-electron chi connectivity index (χ2n) is 2.10. The van der Waals surface area contributed by atoms with Gasteiger partial charge in [0.1, 0.15) is 11.4 Å². The van der Waals surface area contributed by atoms with Gasteiger partial charge in [0.25, 0.3) is 5.69 Å². The number of nitrogens with one attached hydrogen (secondary N) is 1. The van der Waals surface area contributed by atoms with Crippen LogP contribution < -0.4 is 11.3 Å². The van der Waals surface area contributed by atoms with Crippen LogP contribution >= 0.6 is 0 Å². The van der Waals surface area contributed by atoms with E-state index < -0.39 is 4.92 Å². The third kappa shape index (κ3) is 1.43. The first-order valence-electron chi connectivity index (χ1n) is 3.09. The minimum absolute atomic E-state index is 0.0754. The molecule has 0 unspecified atom stereocenters. The number of anilines is 1. The molecule has 1 rings (SSSR count). The predicted molar refractivity (Wildman–Crippen MR) is 42.6 cm³/mol. The van der Waals surface area contributed by atoms with Crippen molar-refractivity contribution in [1.29, 1.82) is 0 Å². The molecule has 0 amide bonds. The molecule has 0 aliphatic heterocycles. The average Bonchev–Trinajstić information content (AvgIpc) is 2.03. The van der Waals surface area contributed by atoms with Gasteiger partial charge in [-0.25, -0.2) is 0 Å². The van der Waals surface area contributed by atoms with E-state index in [1.54, 1.807) is 0 Å². The molecular formula is C6H7N3O3. The van der Waals surface area contributed by atoms with Crippen LogP contribution in [0, 0.1) is 10.1 Å². The number of nitrogens with two attached hydrogens (primary N) is 1. The van der Waals surface area contributed by atoms with Crippen molar-refractivity contribution < 1.29 is 10.0 Å². The monoisotopic (exact) mass is 169 g/mol. The molecule has 4 N–H and O–H groups in total. The number of phenolic OH excluding ortho intramolecular Hbond substituents is 1. The molecular weight excluding hydrogens is 162 g/mol. The molecule has 0 saturated carbocycles. The van der Waals surface area contributed by atoms with Gasteiger partial charge in [0.05, 0.1) is 4.92 Å². The lowest BCUT2D eigenvalue weighted by molar-refractivity contribution is -0.384. The average molecular weight is 169 g/mol. The van der Waals surface area contributed by atoms with Crippen LogP contribution in [-0.4, -0.2) is 10.0 Å². The number of nitrogen functional groups attached to an aromatic ring is 1. The number of nitro groups is 1. The van der Waals surface area contributed by atoms with E-state index in [4.69, 9.17) is 10.9 Å². The number of benzene rings is 1. The van der Waals surface area contributed by atoms with Crippen molar-refractivity contribution in [2.75, 3.05) is 5.43 Å². The summed E-state index contributed by atoms with van der Waals surface area (Å²) in [7, 11) is 0. The Hall–Kier alpha value is -1.82. The molecule has 12 heavy (non-hydrogen) atoms. The number of aromatic hydroxyl groups is 1. The Morgan fingerprint density at radius 2 is 2.25 bits per heavy atom. The first kappa shape index (κ1) is 8.28. The van der Waals surface area contributed by atoms with Gasteiger partial charge in [0.15, 0.2) is 0 Å². The molecule has 6 nitrogen and oxygen atoms in total. The largest absolute Gasteiger partial charge is 0.508 e. The number of hydrazine groups is 1. The van der Waals surface area contributed by atoms with E-state index in [-0.39, 0.29) is 17.1 Å². The van der Waals surface area contributed by atoms with Gasteiger partial charge < -0.3 is 10.5 Å². The third-order valence-electron chi connectivity index (χ3n) is 1.33. The molecule has 0 saturated heterocycles. The maximum atomic E-state index is 10.3. The van der Waals surface area contributed by atoms with Crippen LogP contribution in [0.5, 0.6) is 5.75 Å². The zero-order valence-electron chi connectivity index (χ0n) is 6.02. The topological polar surface area (TPSA) is 101 Å².